The summed E-state index contributed by atoms with van der Waals surface area (Å²) in [5.74, 6) is 0.770. The minimum Gasteiger partial charge on any atom is -0.279 e. The number of thioether (sulfide) groups is 2. The van der Waals surface area contributed by atoms with Gasteiger partial charge in [-0.2, -0.15) is 0 Å². The lowest BCUT2D eigenvalue weighted by molar-refractivity contribution is -0.107. The summed E-state index contributed by atoms with van der Waals surface area (Å²) in [4.78, 5) is 16.0. The lowest BCUT2D eigenvalue weighted by Crippen LogP contribution is -1.87. The Labute approximate surface area is 121 Å². The quantitative estimate of drug-likeness (QED) is 0.616. The molecule has 1 aromatic carbocycles. The molecule has 0 fully saturated rings. The summed E-state index contributed by atoms with van der Waals surface area (Å²) in [5.41, 5.74) is 1.60. The molecule has 0 spiro atoms. The van der Waals surface area contributed by atoms with Gasteiger partial charge in [0.1, 0.15) is 10.1 Å². The van der Waals surface area contributed by atoms with Crippen LogP contribution in [0.5, 0.6) is 0 Å². The molecule has 4 heteroatoms. The number of hydrogen-bond donors (Lipinski definition) is 0. The summed E-state index contributed by atoms with van der Waals surface area (Å²) < 4.78 is 0.796. The van der Waals surface area contributed by atoms with E-state index in [-0.39, 0.29) is 5.12 Å². The molecule has 0 saturated heterocycles. The highest BCUT2D eigenvalue weighted by Gasteiger charge is 2.21. The molecule has 96 valence electrons. The first kappa shape index (κ1) is 13.9. The van der Waals surface area contributed by atoms with Gasteiger partial charge in [0.15, 0.2) is 0 Å². The number of aliphatic imine (C=N–C) groups is 1. The highest BCUT2D eigenvalue weighted by Crippen LogP contribution is 2.29. The molecule has 2 nitrogen and oxygen atoms in total. The summed E-state index contributed by atoms with van der Waals surface area (Å²) in [5, 5.41) is 0.00396. The van der Waals surface area contributed by atoms with E-state index in [9.17, 15) is 4.79 Å². The second-order valence-electron chi connectivity index (χ2n) is 3.69. The molecule has 1 aliphatic rings. The van der Waals surface area contributed by atoms with Crippen molar-refractivity contribution in [3.8, 4) is 0 Å². The lowest BCUT2D eigenvalue weighted by atomic mass is 10.2. The third kappa shape index (κ3) is 4.26. The number of rotatable bonds is 4. The Kier molecular flexibility index (Phi) is 5.24. The van der Waals surface area contributed by atoms with Crippen LogP contribution in [-0.4, -0.2) is 15.2 Å². The van der Waals surface area contributed by atoms with Crippen molar-refractivity contribution in [3.05, 3.63) is 66.4 Å². The number of carbonyl (C=O) groups is 1. The van der Waals surface area contributed by atoms with E-state index in [4.69, 9.17) is 0 Å². The first-order valence-corrected chi connectivity index (χ1v) is 7.58. The molecule has 0 atom stereocenters. The fourth-order valence-corrected chi connectivity index (χ4v) is 3.02. The van der Waals surface area contributed by atoms with Crippen molar-refractivity contribution in [2.75, 3.05) is 5.75 Å². The molecule has 0 bridgehead atoms. The van der Waals surface area contributed by atoms with Gasteiger partial charge in [-0.25, -0.2) is 4.99 Å². The van der Waals surface area contributed by atoms with E-state index in [1.54, 1.807) is 12.2 Å². The minimum atomic E-state index is 0.00396. The molecule has 1 heterocycles. The molecule has 0 radical (unpaired) electrons. The average Bonchev–Trinajstić information content (AvgIpc) is 2.78. The molecular weight excluding hydrogens is 274 g/mol. The maximum absolute atomic E-state index is 11.7. The Morgan fingerprint density at radius 3 is 2.84 bits per heavy atom. The van der Waals surface area contributed by atoms with Crippen molar-refractivity contribution in [3.63, 3.8) is 0 Å². The maximum atomic E-state index is 11.7. The number of hydrogen-bond acceptors (Lipinski definition) is 4. The van der Waals surface area contributed by atoms with Crippen molar-refractivity contribution < 1.29 is 4.79 Å². The summed E-state index contributed by atoms with van der Waals surface area (Å²) in [7, 11) is 0. The van der Waals surface area contributed by atoms with Gasteiger partial charge in [0.25, 0.3) is 0 Å². The minimum absolute atomic E-state index is 0.00396. The van der Waals surface area contributed by atoms with Crippen LogP contribution in [0.3, 0.4) is 0 Å². The molecule has 0 amide bonds. The van der Waals surface area contributed by atoms with Gasteiger partial charge in [0.05, 0.1) is 0 Å². The van der Waals surface area contributed by atoms with Gasteiger partial charge in [-0.3, -0.25) is 4.79 Å². The summed E-state index contributed by atoms with van der Waals surface area (Å²) in [6, 6.07) is 9.95. The standard InChI is InChI=1S/C15H13NOS2/c1-2-11-18-15-16-13(14(17)19-15)10-6-9-12-7-4-3-5-8-12/h2-10H,1,11H2/b9-6-,13-10-. The Bertz CT molecular complexity index is 559. The van der Waals surface area contributed by atoms with Crippen LogP contribution in [0.4, 0.5) is 0 Å². The van der Waals surface area contributed by atoms with E-state index < -0.39 is 0 Å². The third-order valence-electron chi connectivity index (χ3n) is 2.27. The van der Waals surface area contributed by atoms with Gasteiger partial charge >= 0.3 is 0 Å². The van der Waals surface area contributed by atoms with Crippen LogP contribution in [0.25, 0.3) is 6.08 Å². The van der Waals surface area contributed by atoms with Crippen molar-refractivity contribution >= 4 is 39.1 Å². The average molecular weight is 287 g/mol. The Morgan fingerprint density at radius 1 is 1.32 bits per heavy atom. The summed E-state index contributed by atoms with van der Waals surface area (Å²) in [6.07, 6.45) is 7.36. The monoisotopic (exact) mass is 287 g/mol. The predicted octanol–water partition coefficient (Wildman–Crippen LogP) is 4.13. The highest BCUT2D eigenvalue weighted by molar-refractivity contribution is 8.45. The van der Waals surface area contributed by atoms with Crippen LogP contribution in [0.15, 0.2) is 65.8 Å². The van der Waals surface area contributed by atoms with Gasteiger partial charge in [-0.1, -0.05) is 60.3 Å². The number of allylic oxidation sites excluding steroid dienone is 2. The molecule has 0 aliphatic carbocycles. The fraction of sp³-hybridized carbons (Fsp3) is 0.0667. The number of carbonyl (C=O) groups excluding carboxylic acids is 1. The summed E-state index contributed by atoms with van der Waals surface area (Å²) in [6.45, 7) is 3.65. The van der Waals surface area contributed by atoms with Gasteiger partial charge in [0.2, 0.25) is 5.12 Å². The normalized spacial score (nSPS) is 17.2. The van der Waals surface area contributed by atoms with Crippen LogP contribution in [0.1, 0.15) is 5.56 Å². The predicted molar refractivity (Wildman–Crippen MR) is 86.2 cm³/mol. The Hall–Kier alpha value is -1.52. The molecular formula is C15H13NOS2. The maximum Gasteiger partial charge on any atom is 0.244 e. The van der Waals surface area contributed by atoms with Gasteiger partial charge < -0.3 is 0 Å². The molecule has 0 N–H and O–H groups in total. The van der Waals surface area contributed by atoms with Crippen LogP contribution in [-0.2, 0) is 4.79 Å². The highest BCUT2D eigenvalue weighted by atomic mass is 32.2. The summed E-state index contributed by atoms with van der Waals surface area (Å²) >= 11 is 2.71. The molecule has 19 heavy (non-hydrogen) atoms. The van der Waals surface area contributed by atoms with Gasteiger partial charge in [-0.15, -0.1) is 6.58 Å². The molecule has 0 saturated carbocycles. The first-order valence-electron chi connectivity index (χ1n) is 5.77. The van der Waals surface area contributed by atoms with E-state index in [1.165, 1.54) is 23.5 Å². The van der Waals surface area contributed by atoms with Crippen LogP contribution in [0, 0.1) is 0 Å². The molecule has 0 unspecified atom stereocenters. The van der Waals surface area contributed by atoms with E-state index in [0.29, 0.717) is 5.70 Å². The van der Waals surface area contributed by atoms with Crippen molar-refractivity contribution in [2.24, 2.45) is 4.99 Å². The van der Waals surface area contributed by atoms with Crippen molar-refractivity contribution in [1.29, 1.82) is 0 Å². The Morgan fingerprint density at radius 2 is 2.11 bits per heavy atom. The SMILES string of the molecule is C=CCSC1=N/C(=C\C=C/c2ccccc2)C(=O)S1. The zero-order valence-electron chi connectivity index (χ0n) is 10.3. The zero-order valence-corrected chi connectivity index (χ0v) is 11.9. The van der Waals surface area contributed by atoms with Crippen molar-refractivity contribution in [1.82, 2.24) is 0 Å². The van der Waals surface area contributed by atoms with Crippen LogP contribution < -0.4 is 0 Å². The number of nitrogens with zero attached hydrogens (tertiary/aromatic N) is 1. The second kappa shape index (κ2) is 7.16. The number of benzene rings is 1. The molecule has 0 aromatic heterocycles. The van der Waals surface area contributed by atoms with E-state index in [1.807, 2.05) is 42.5 Å². The van der Waals surface area contributed by atoms with Gasteiger partial charge in [-0.05, 0) is 23.4 Å². The molecule has 1 aliphatic heterocycles. The van der Waals surface area contributed by atoms with Crippen molar-refractivity contribution in [2.45, 2.75) is 0 Å². The lowest BCUT2D eigenvalue weighted by Gasteiger charge is -1.90. The largest absolute Gasteiger partial charge is 0.279 e. The third-order valence-corrected chi connectivity index (χ3v) is 4.27. The van der Waals surface area contributed by atoms with Gasteiger partial charge in [0, 0.05) is 5.75 Å². The van der Waals surface area contributed by atoms with E-state index >= 15 is 0 Å². The van der Waals surface area contributed by atoms with Crippen LogP contribution >= 0.6 is 23.5 Å². The smallest absolute Gasteiger partial charge is 0.244 e. The molecule has 2 rings (SSSR count). The second-order valence-corrected chi connectivity index (χ2v) is 5.92. The van der Waals surface area contributed by atoms with Crippen LogP contribution in [0.2, 0.25) is 0 Å². The zero-order chi connectivity index (χ0) is 13.5. The van der Waals surface area contributed by atoms with E-state index in [0.717, 1.165) is 15.7 Å². The van der Waals surface area contributed by atoms with E-state index in [2.05, 4.69) is 11.6 Å². The molecule has 1 aromatic rings. The first-order chi connectivity index (χ1) is 9.29. The fourth-order valence-electron chi connectivity index (χ4n) is 1.41. The Balaban J connectivity index is 2.03. The topological polar surface area (TPSA) is 29.4 Å².